The quantitative estimate of drug-likeness (QED) is 0.794. The van der Waals surface area contributed by atoms with Gasteiger partial charge in [0, 0.05) is 27.3 Å². The third-order valence-corrected chi connectivity index (χ3v) is 3.59. The zero-order chi connectivity index (χ0) is 14.4. The molecule has 0 fully saturated rings. The molecular weight excluding hydrogens is 256 g/mol. The van der Waals surface area contributed by atoms with Gasteiger partial charge in [0.05, 0.1) is 18.8 Å². The summed E-state index contributed by atoms with van der Waals surface area (Å²) in [4.78, 5) is 12.2. The van der Waals surface area contributed by atoms with Gasteiger partial charge in [0.2, 0.25) is 5.91 Å². The molecule has 1 heterocycles. The number of carbonyl (C=O) groups is 1. The molecule has 20 heavy (non-hydrogen) atoms. The van der Waals surface area contributed by atoms with Crippen LogP contribution in [0.5, 0.6) is 0 Å². The first kappa shape index (κ1) is 15.0. The van der Waals surface area contributed by atoms with Crippen molar-refractivity contribution >= 4 is 5.91 Å². The van der Waals surface area contributed by atoms with Gasteiger partial charge in [0.15, 0.2) is 0 Å². The Morgan fingerprint density at radius 2 is 2.15 bits per heavy atom. The van der Waals surface area contributed by atoms with Crippen molar-refractivity contribution in [3.8, 4) is 0 Å². The molecule has 1 aliphatic heterocycles. The Morgan fingerprint density at radius 1 is 1.40 bits per heavy atom. The SMILES string of the molecule is COCC(CNC(=O)[C@@H]1Cc2ccccc2CN1)OC. The number of carbonyl (C=O) groups excluding carboxylic acids is 1. The molecule has 0 aromatic heterocycles. The largest absolute Gasteiger partial charge is 0.382 e. The highest BCUT2D eigenvalue weighted by Gasteiger charge is 2.24. The smallest absolute Gasteiger partial charge is 0.237 e. The summed E-state index contributed by atoms with van der Waals surface area (Å²) in [6.07, 6.45) is 0.615. The number of hydrogen-bond acceptors (Lipinski definition) is 4. The summed E-state index contributed by atoms with van der Waals surface area (Å²) >= 11 is 0. The molecule has 0 bridgehead atoms. The first-order chi connectivity index (χ1) is 9.74. The fraction of sp³-hybridized carbons (Fsp3) is 0.533. The minimum atomic E-state index is -0.176. The van der Waals surface area contributed by atoms with E-state index in [9.17, 15) is 4.79 Å². The number of hydrogen-bond donors (Lipinski definition) is 2. The van der Waals surface area contributed by atoms with Crippen LogP contribution >= 0.6 is 0 Å². The molecule has 1 aliphatic rings. The van der Waals surface area contributed by atoms with Crippen molar-refractivity contribution in [2.24, 2.45) is 0 Å². The summed E-state index contributed by atoms with van der Waals surface area (Å²) in [6.45, 7) is 1.67. The van der Waals surface area contributed by atoms with Crippen LogP contribution in [0.3, 0.4) is 0 Å². The van der Waals surface area contributed by atoms with Crippen molar-refractivity contribution < 1.29 is 14.3 Å². The monoisotopic (exact) mass is 278 g/mol. The molecule has 2 rings (SSSR count). The third kappa shape index (κ3) is 3.79. The average Bonchev–Trinajstić information content (AvgIpc) is 2.50. The molecule has 0 radical (unpaired) electrons. The van der Waals surface area contributed by atoms with Crippen molar-refractivity contribution in [2.75, 3.05) is 27.4 Å². The van der Waals surface area contributed by atoms with E-state index in [1.807, 2.05) is 12.1 Å². The lowest BCUT2D eigenvalue weighted by atomic mass is 9.95. The zero-order valence-corrected chi connectivity index (χ0v) is 12.0. The first-order valence-corrected chi connectivity index (χ1v) is 6.84. The van der Waals surface area contributed by atoms with Gasteiger partial charge < -0.3 is 20.1 Å². The van der Waals surface area contributed by atoms with Gasteiger partial charge in [-0.15, -0.1) is 0 Å². The highest BCUT2D eigenvalue weighted by molar-refractivity contribution is 5.82. The highest BCUT2D eigenvalue weighted by Crippen LogP contribution is 2.16. The lowest BCUT2D eigenvalue weighted by Crippen LogP contribution is -2.49. The van der Waals surface area contributed by atoms with E-state index in [1.54, 1.807) is 14.2 Å². The average molecular weight is 278 g/mol. The summed E-state index contributed by atoms with van der Waals surface area (Å²) in [5.74, 6) is 0.0117. The summed E-state index contributed by atoms with van der Waals surface area (Å²) in [7, 11) is 3.23. The second-order valence-corrected chi connectivity index (χ2v) is 4.96. The van der Waals surface area contributed by atoms with Gasteiger partial charge >= 0.3 is 0 Å². The van der Waals surface area contributed by atoms with E-state index in [-0.39, 0.29) is 18.1 Å². The molecule has 1 unspecified atom stereocenters. The molecule has 110 valence electrons. The molecule has 2 atom stereocenters. The van der Waals surface area contributed by atoms with Crippen molar-refractivity contribution in [3.63, 3.8) is 0 Å². The Kier molecular flexibility index (Phi) is 5.52. The van der Waals surface area contributed by atoms with Gasteiger partial charge in [-0.2, -0.15) is 0 Å². The number of nitrogens with one attached hydrogen (secondary N) is 2. The molecule has 1 amide bonds. The van der Waals surface area contributed by atoms with Gasteiger partial charge in [-0.05, 0) is 17.5 Å². The summed E-state index contributed by atoms with van der Waals surface area (Å²) < 4.78 is 10.3. The van der Waals surface area contributed by atoms with E-state index >= 15 is 0 Å². The molecule has 0 aliphatic carbocycles. The van der Waals surface area contributed by atoms with E-state index in [0.29, 0.717) is 13.2 Å². The van der Waals surface area contributed by atoms with Gasteiger partial charge in [-0.1, -0.05) is 24.3 Å². The second-order valence-electron chi connectivity index (χ2n) is 4.96. The standard InChI is InChI=1S/C15H22N2O3/c1-19-10-13(20-2)9-17-15(18)14-7-11-5-3-4-6-12(11)8-16-14/h3-6,13-14,16H,7-10H2,1-2H3,(H,17,18)/t13?,14-/m0/s1. The van der Waals surface area contributed by atoms with E-state index in [0.717, 1.165) is 13.0 Å². The van der Waals surface area contributed by atoms with Crippen LogP contribution in [-0.4, -0.2) is 45.4 Å². The summed E-state index contributed by atoms with van der Waals surface area (Å²) in [5, 5.41) is 6.18. The van der Waals surface area contributed by atoms with Gasteiger partial charge in [-0.25, -0.2) is 0 Å². The topological polar surface area (TPSA) is 59.6 Å². The van der Waals surface area contributed by atoms with Crippen molar-refractivity contribution in [1.29, 1.82) is 0 Å². The van der Waals surface area contributed by atoms with E-state index < -0.39 is 0 Å². The molecule has 1 aromatic carbocycles. The van der Waals surface area contributed by atoms with Crippen LogP contribution in [0, 0.1) is 0 Å². The Balaban J connectivity index is 1.85. The lowest BCUT2D eigenvalue weighted by molar-refractivity contribution is -0.124. The Bertz CT molecular complexity index is 450. The fourth-order valence-corrected chi connectivity index (χ4v) is 2.37. The third-order valence-electron chi connectivity index (χ3n) is 3.59. The maximum absolute atomic E-state index is 12.2. The maximum Gasteiger partial charge on any atom is 0.237 e. The van der Waals surface area contributed by atoms with Crippen LogP contribution in [-0.2, 0) is 27.2 Å². The molecule has 2 N–H and O–H groups in total. The van der Waals surface area contributed by atoms with Crippen LogP contribution < -0.4 is 10.6 Å². The van der Waals surface area contributed by atoms with E-state index in [4.69, 9.17) is 9.47 Å². The Hall–Kier alpha value is -1.43. The van der Waals surface area contributed by atoms with Crippen molar-refractivity contribution in [1.82, 2.24) is 10.6 Å². The fourth-order valence-electron chi connectivity index (χ4n) is 2.37. The number of amides is 1. The van der Waals surface area contributed by atoms with Gasteiger partial charge in [-0.3, -0.25) is 4.79 Å². The van der Waals surface area contributed by atoms with Crippen LogP contribution in [0.25, 0.3) is 0 Å². The molecule has 1 aromatic rings. The van der Waals surface area contributed by atoms with Gasteiger partial charge in [0.1, 0.15) is 0 Å². The Labute approximate surface area is 119 Å². The number of benzene rings is 1. The molecular formula is C15H22N2O3. The maximum atomic E-state index is 12.2. The highest BCUT2D eigenvalue weighted by atomic mass is 16.5. The lowest BCUT2D eigenvalue weighted by Gasteiger charge is -2.26. The van der Waals surface area contributed by atoms with Crippen LogP contribution in [0.15, 0.2) is 24.3 Å². The minimum Gasteiger partial charge on any atom is -0.382 e. The number of fused-ring (bicyclic) bond motifs is 1. The molecule has 5 heteroatoms. The van der Waals surface area contributed by atoms with Crippen LogP contribution in [0.1, 0.15) is 11.1 Å². The number of ether oxygens (including phenoxy) is 2. The van der Waals surface area contributed by atoms with E-state index in [1.165, 1.54) is 11.1 Å². The molecule has 0 spiro atoms. The molecule has 0 saturated heterocycles. The van der Waals surface area contributed by atoms with Crippen LogP contribution in [0.2, 0.25) is 0 Å². The van der Waals surface area contributed by atoms with Crippen LogP contribution in [0.4, 0.5) is 0 Å². The number of methoxy groups -OCH3 is 2. The van der Waals surface area contributed by atoms with Crippen molar-refractivity contribution in [2.45, 2.75) is 25.1 Å². The predicted molar refractivity (Wildman–Crippen MR) is 76.5 cm³/mol. The summed E-state index contributed by atoms with van der Waals surface area (Å²) in [6, 6.07) is 8.04. The second kappa shape index (κ2) is 7.38. The van der Waals surface area contributed by atoms with Crippen molar-refractivity contribution in [3.05, 3.63) is 35.4 Å². The minimum absolute atomic E-state index is 0.0117. The normalized spacial score (nSPS) is 19.2. The number of rotatable bonds is 6. The zero-order valence-electron chi connectivity index (χ0n) is 12.0. The molecule has 5 nitrogen and oxygen atoms in total. The predicted octanol–water partition coefficient (Wildman–Crippen LogP) is 0.479. The summed E-state index contributed by atoms with van der Waals surface area (Å²) in [5.41, 5.74) is 2.51. The first-order valence-electron chi connectivity index (χ1n) is 6.84. The van der Waals surface area contributed by atoms with E-state index in [2.05, 4.69) is 22.8 Å². The molecule has 0 saturated carbocycles. The Morgan fingerprint density at radius 3 is 2.85 bits per heavy atom. The van der Waals surface area contributed by atoms with Gasteiger partial charge in [0.25, 0.3) is 0 Å².